The van der Waals surface area contributed by atoms with Gasteiger partial charge in [0.15, 0.2) is 5.69 Å². The van der Waals surface area contributed by atoms with Crippen molar-refractivity contribution in [3.8, 4) is 0 Å². The quantitative estimate of drug-likeness (QED) is 0.795. The first-order valence-corrected chi connectivity index (χ1v) is 5.34. The zero-order valence-corrected chi connectivity index (χ0v) is 10.3. The molecule has 0 aliphatic heterocycles. The summed E-state index contributed by atoms with van der Waals surface area (Å²) in [6.07, 6.45) is -0.475. The molecule has 0 bridgehead atoms. The second kappa shape index (κ2) is 5.35. The monoisotopic (exact) mass is 232 g/mol. The van der Waals surface area contributed by atoms with Gasteiger partial charge in [-0.05, 0) is 26.3 Å². The molecule has 1 aromatic carbocycles. The SMILES string of the molecule is [C-]#[N+]c1ccccc1CNC(=O)OC(C)(C)C. The molecule has 90 valence electrons. The summed E-state index contributed by atoms with van der Waals surface area (Å²) >= 11 is 0. The van der Waals surface area contributed by atoms with Gasteiger partial charge in [-0.25, -0.2) is 9.64 Å². The van der Waals surface area contributed by atoms with Crippen molar-refractivity contribution in [1.82, 2.24) is 5.32 Å². The van der Waals surface area contributed by atoms with Gasteiger partial charge in [-0.2, -0.15) is 0 Å². The van der Waals surface area contributed by atoms with Crippen molar-refractivity contribution in [2.75, 3.05) is 0 Å². The lowest BCUT2D eigenvalue weighted by molar-refractivity contribution is 0.0523. The Morgan fingerprint density at radius 1 is 1.41 bits per heavy atom. The molecule has 1 N–H and O–H groups in total. The maximum Gasteiger partial charge on any atom is 0.407 e. The summed E-state index contributed by atoms with van der Waals surface area (Å²) in [5.74, 6) is 0. The number of para-hydroxylation sites is 1. The van der Waals surface area contributed by atoms with Gasteiger partial charge in [0.2, 0.25) is 0 Å². The van der Waals surface area contributed by atoms with E-state index in [1.807, 2.05) is 12.1 Å². The van der Waals surface area contributed by atoms with Crippen LogP contribution in [0.5, 0.6) is 0 Å². The average Bonchev–Trinajstić information content (AvgIpc) is 2.24. The van der Waals surface area contributed by atoms with Crippen LogP contribution in [0.1, 0.15) is 26.3 Å². The number of carbonyl (C=O) groups excluding carboxylic acids is 1. The van der Waals surface area contributed by atoms with Crippen LogP contribution in [-0.4, -0.2) is 11.7 Å². The number of nitrogens with zero attached hydrogens (tertiary/aromatic N) is 1. The molecular formula is C13H16N2O2. The lowest BCUT2D eigenvalue weighted by Gasteiger charge is -2.19. The van der Waals surface area contributed by atoms with Gasteiger partial charge in [0.25, 0.3) is 0 Å². The number of hydrogen-bond acceptors (Lipinski definition) is 2. The van der Waals surface area contributed by atoms with Gasteiger partial charge in [-0.15, -0.1) is 0 Å². The lowest BCUT2D eigenvalue weighted by atomic mass is 10.2. The van der Waals surface area contributed by atoms with Crippen LogP contribution in [0.25, 0.3) is 4.85 Å². The minimum absolute atomic E-state index is 0.299. The third-order valence-electron chi connectivity index (χ3n) is 1.93. The van der Waals surface area contributed by atoms with Gasteiger partial charge in [0, 0.05) is 6.54 Å². The number of carbonyl (C=O) groups is 1. The Labute approximate surface area is 101 Å². The molecule has 17 heavy (non-hydrogen) atoms. The van der Waals surface area contributed by atoms with Crippen LogP contribution in [0.15, 0.2) is 24.3 Å². The minimum atomic E-state index is -0.511. The minimum Gasteiger partial charge on any atom is -0.444 e. The zero-order chi connectivity index (χ0) is 12.9. The first-order chi connectivity index (χ1) is 7.92. The van der Waals surface area contributed by atoms with E-state index in [0.717, 1.165) is 5.56 Å². The van der Waals surface area contributed by atoms with Crippen LogP contribution >= 0.6 is 0 Å². The number of amides is 1. The molecule has 0 unspecified atom stereocenters. The van der Waals surface area contributed by atoms with E-state index in [1.54, 1.807) is 32.9 Å². The topological polar surface area (TPSA) is 42.7 Å². The molecule has 1 rings (SSSR count). The molecule has 0 spiro atoms. The Bertz CT molecular complexity index is 441. The van der Waals surface area contributed by atoms with Crippen molar-refractivity contribution in [3.63, 3.8) is 0 Å². The van der Waals surface area contributed by atoms with Gasteiger partial charge >= 0.3 is 6.09 Å². The number of hydrogen-bond donors (Lipinski definition) is 1. The highest BCUT2D eigenvalue weighted by atomic mass is 16.6. The third-order valence-corrected chi connectivity index (χ3v) is 1.93. The molecule has 1 aromatic rings. The number of nitrogens with one attached hydrogen (secondary N) is 1. The molecule has 0 saturated heterocycles. The summed E-state index contributed by atoms with van der Waals surface area (Å²) in [5.41, 5.74) is 0.820. The lowest BCUT2D eigenvalue weighted by Crippen LogP contribution is -2.32. The highest BCUT2D eigenvalue weighted by Gasteiger charge is 2.15. The Kier molecular flexibility index (Phi) is 4.11. The predicted molar refractivity (Wildman–Crippen MR) is 65.8 cm³/mol. The highest BCUT2D eigenvalue weighted by Crippen LogP contribution is 2.18. The van der Waals surface area contributed by atoms with E-state index in [1.165, 1.54) is 0 Å². The molecule has 0 heterocycles. The van der Waals surface area contributed by atoms with E-state index >= 15 is 0 Å². The fourth-order valence-electron chi connectivity index (χ4n) is 1.25. The maximum absolute atomic E-state index is 11.4. The number of alkyl carbamates (subject to hydrolysis) is 1. The molecule has 0 aliphatic rings. The highest BCUT2D eigenvalue weighted by molar-refractivity contribution is 5.68. The van der Waals surface area contributed by atoms with Crippen molar-refractivity contribution < 1.29 is 9.53 Å². The van der Waals surface area contributed by atoms with Crippen molar-refractivity contribution in [2.45, 2.75) is 32.9 Å². The van der Waals surface area contributed by atoms with Crippen molar-refractivity contribution in [1.29, 1.82) is 0 Å². The fraction of sp³-hybridized carbons (Fsp3) is 0.385. The Hall–Kier alpha value is -2.02. The van der Waals surface area contributed by atoms with Crippen molar-refractivity contribution in [2.24, 2.45) is 0 Å². The predicted octanol–water partition coefficient (Wildman–Crippen LogP) is 3.26. The summed E-state index contributed by atoms with van der Waals surface area (Å²) in [5, 5.41) is 2.63. The molecular weight excluding hydrogens is 216 g/mol. The second-order valence-corrected chi connectivity index (χ2v) is 4.60. The molecule has 0 saturated carbocycles. The molecule has 0 fully saturated rings. The summed E-state index contributed by atoms with van der Waals surface area (Å²) in [6, 6.07) is 7.16. The summed E-state index contributed by atoms with van der Waals surface area (Å²) in [7, 11) is 0. The van der Waals surface area contributed by atoms with Gasteiger partial charge in [-0.3, -0.25) is 0 Å². The van der Waals surface area contributed by atoms with Gasteiger partial charge in [0.05, 0.1) is 6.57 Å². The number of rotatable bonds is 2. The van der Waals surface area contributed by atoms with Crippen molar-refractivity contribution in [3.05, 3.63) is 41.2 Å². The Morgan fingerprint density at radius 3 is 2.65 bits per heavy atom. The van der Waals surface area contributed by atoms with E-state index in [0.29, 0.717) is 12.2 Å². The van der Waals surface area contributed by atoms with E-state index in [-0.39, 0.29) is 0 Å². The maximum atomic E-state index is 11.4. The largest absolute Gasteiger partial charge is 0.444 e. The third kappa shape index (κ3) is 4.56. The van der Waals surface area contributed by atoms with Gasteiger partial charge in [0.1, 0.15) is 5.60 Å². The molecule has 4 nitrogen and oxygen atoms in total. The smallest absolute Gasteiger partial charge is 0.407 e. The Balaban J connectivity index is 2.57. The summed E-state index contributed by atoms with van der Waals surface area (Å²) in [4.78, 5) is 14.8. The van der Waals surface area contributed by atoms with Crippen molar-refractivity contribution >= 4 is 11.8 Å². The summed E-state index contributed by atoms with van der Waals surface area (Å²) in [6.45, 7) is 12.7. The van der Waals surface area contributed by atoms with Gasteiger partial charge in [-0.1, -0.05) is 24.3 Å². The van der Waals surface area contributed by atoms with E-state index in [9.17, 15) is 4.79 Å². The zero-order valence-electron chi connectivity index (χ0n) is 10.3. The standard InChI is InChI=1S/C13H16N2O2/c1-13(2,3)17-12(16)15-9-10-7-5-6-8-11(10)14-4/h5-8H,9H2,1-3H3,(H,15,16). The molecule has 1 amide bonds. The second-order valence-electron chi connectivity index (χ2n) is 4.60. The molecule has 0 aliphatic carbocycles. The first kappa shape index (κ1) is 13.0. The van der Waals surface area contributed by atoms with Crippen LogP contribution < -0.4 is 5.32 Å². The molecule has 0 aromatic heterocycles. The van der Waals surface area contributed by atoms with Crippen LogP contribution in [-0.2, 0) is 11.3 Å². The summed E-state index contributed by atoms with van der Waals surface area (Å²) < 4.78 is 5.11. The van der Waals surface area contributed by atoms with Crippen LogP contribution in [0.4, 0.5) is 10.5 Å². The average molecular weight is 232 g/mol. The van der Waals surface area contributed by atoms with Crippen LogP contribution in [0.2, 0.25) is 0 Å². The number of ether oxygens (including phenoxy) is 1. The van der Waals surface area contributed by atoms with E-state index in [4.69, 9.17) is 11.3 Å². The van der Waals surface area contributed by atoms with E-state index < -0.39 is 11.7 Å². The molecule has 0 radical (unpaired) electrons. The van der Waals surface area contributed by atoms with Crippen LogP contribution in [0.3, 0.4) is 0 Å². The van der Waals surface area contributed by atoms with Gasteiger partial charge < -0.3 is 10.1 Å². The first-order valence-electron chi connectivity index (χ1n) is 5.34. The molecule has 0 atom stereocenters. The fourth-order valence-corrected chi connectivity index (χ4v) is 1.25. The number of benzene rings is 1. The van der Waals surface area contributed by atoms with E-state index in [2.05, 4.69) is 10.2 Å². The molecule has 4 heteroatoms. The Morgan fingerprint density at radius 2 is 2.06 bits per heavy atom. The van der Waals surface area contributed by atoms with Crippen LogP contribution in [0, 0.1) is 6.57 Å². The normalized spacial score (nSPS) is 10.5.